The molecule has 0 bridgehead atoms. The van der Waals surface area contributed by atoms with Gasteiger partial charge in [-0.3, -0.25) is 0 Å². The van der Waals surface area contributed by atoms with Crippen molar-refractivity contribution in [3.8, 4) is 5.75 Å². The molecule has 0 fully saturated rings. The maximum atomic E-state index is 13.5. The molecule has 0 aromatic heterocycles. The van der Waals surface area contributed by atoms with Crippen molar-refractivity contribution in [1.82, 2.24) is 4.72 Å². The van der Waals surface area contributed by atoms with Gasteiger partial charge in [0.05, 0.1) is 15.5 Å². The van der Waals surface area contributed by atoms with E-state index in [2.05, 4.69) is 0 Å². The molecule has 4 nitrogen and oxygen atoms in total. The van der Waals surface area contributed by atoms with Crippen molar-refractivity contribution in [2.45, 2.75) is 44.1 Å². The molecular weight excluding hydrogens is 472 g/mol. The lowest BCUT2D eigenvalue weighted by atomic mass is 10.1. The number of hydrogen-bond donors (Lipinski definition) is 1. The third-order valence-corrected chi connectivity index (χ3v) is 6.33. The van der Waals surface area contributed by atoms with Crippen LogP contribution in [-0.2, 0) is 16.2 Å². The minimum atomic E-state index is -5.07. The highest BCUT2D eigenvalue weighted by atomic mass is 35.5. The Hall–Kier alpha value is -1.98. The maximum absolute atomic E-state index is 13.5. The number of halogens is 7. The molecule has 0 aliphatic heterocycles. The molecular formula is C19H18ClF6NO3S. The quantitative estimate of drug-likeness (QED) is 0.540. The minimum absolute atomic E-state index is 0.249. The first-order valence-corrected chi connectivity index (χ1v) is 10.5. The summed E-state index contributed by atoms with van der Waals surface area (Å²) < 4.78 is 111. The van der Waals surface area contributed by atoms with Crippen LogP contribution < -0.4 is 9.46 Å². The lowest BCUT2D eigenvalue weighted by Gasteiger charge is -2.23. The van der Waals surface area contributed by atoms with Crippen LogP contribution in [-0.4, -0.2) is 27.2 Å². The first-order chi connectivity index (χ1) is 14.0. The fraction of sp³-hybridized carbons (Fsp3) is 0.368. The molecule has 0 heterocycles. The number of ether oxygens (including phenoxy) is 1. The van der Waals surface area contributed by atoms with E-state index in [1.807, 2.05) is 0 Å². The van der Waals surface area contributed by atoms with Crippen LogP contribution in [0.1, 0.15) is 22.3 Å². The van der Waals surface area contributed by atoms with Gasteiger partial charge < -0.3 is 4.74 Å². The smallest absolute Gasteiger partial charge is 0.417 e. The molecule has 0 radical (unpaired) electrons. The number of nitrogens with one attached hydrogen (secondary N) is 1. The summed E-state index contributed by atoms with van der Waals surface area (Å²) >= 11 is 5.46. The van der Waals surface area contributed by atoms with E-state index < -0.39 is 51.4 Å². The number of sulfonamides is 1. The van der Waals surface area contributed by atoms with Crippen molar-refractivity contribution in [3.05, 3.63) is 57.6 Å². The van der Waals surface area contributed by atoms with Crippen molar-refractivity contribution >= 4 is 21.6 Å². The van der Waals surface area contributed by atoms with Gasteiger partial charge in [-0.1, -0.05) is 29.3 Å². The van der Waals surface area contributed by atoms with Crippen LogP contribution in [0.15, 0.2) is 35.2 Å². The average molecular weight is 490 g/mol. The first-order valence-electron chi connectivity index (χ1n) is 8.69. The summed E-state index contributed by atoms with van der Waals surface area (Å²) in [6, 6.07) is 2.53. The molecule has 0 spiro atoms. The Labute approximate surface area is 180 Å². The minimum Gasteiger partial charge on any atom is -0.492 e. The summed E-state index contributed by atoms with van der Waals surface area (Å²) in [5.74, 6) is -0.548. The largest absolute Gasteiger partial charge is 0.492 e. The number of hydrogen-bond acceptors (Lipinski definition) is 3. The Morgan fingerprint density at radius 1 is 1.00 bits per heavy atom. The molecule has 2 aromatic rings. The van der Waals surface area contributed by atoms with E-state index >= 15 is 0 Å². The van der Waals surface area contributed by atoms with Gasteiger partial charge in [0.25, 0.3) is 0 Å². The van der Waals surface area contributed by atoms with Gasteiger partial charge in [0, 0.05) is 0 Å². The zero-order valence-corrected chi connectivity index (χ0v) is 18.0. The molecule has 2 aromatic carbocycles. The SMILES string of the molecule is Cc1cc(C)c(S(=O)(=O)NC(COc2ccc(Cl)c(C(F)(F)F)c2)C(F)(F)F)c(C)c1. The van der Waals surface area contributed by atoms with E-state index in [0.29, 0.717) is 6.07 Å². The second-order valence-electron chi connectivity index (χ2n) is 6.89. The van der Waals surface area contributed by atoms with Gasteiger partial charge in [-0.15, -0.1) is 0 Å². The van der Waals surface area contributed by atoms with E-state index in [0.717, 1.165) is 17.7 Å². The van der Waals surface area contributed by atoms with Gasteiger partial charge >= 0.3 is 12.4 Å². The molecule has 1 unspecified atom stereocenters. The topological polar surface area (TPSA) is 55.4 Å². The zero-order valence-electron chi connectivity index (χ0n) is 16.4. The summed E-state index contributed by atoms with van der Waals surface area (Å²) in [6.45, 7) is 3.31. The van der Waals surface area contributed by atoms with E-state index in [9.17, 15) is 34.8 Å². The molecule has 0 amide bonds. The van der Waals surface area contributed by atoms with Crippen LogP contribution in [0.25, 0.3) is 0 Å². The van der Waals surface area contributed by atoms with Crippen LogP contribution >= 0.6 is 11.6 Å². The summed E-state index contributed by atoms with van der Waals surface area (Å²) in [7, 11) is -4.61. The second kappa shape index (κ2) is 8.87. The summed E-state index contributed by atoms with van der Waals surface area (Å²) in [5.41, 5.74) is -0.0618. The van der Waals surface area contributed by atoms with Gasteiger partial charge in [-0.2, -0.15) is 31.1 Å². The standard InChI is InChI=1S/C19H18ClF6NO3S/c1-10-6-11(2)17(12(3)7-10)31(28,29)27-16(19(24,25)26)9-30-13-4-5-15(20)14(8-13)18(21,22)23/h4-8,16,27H,9H2,1-3H3. The van der Waals surface area contributed by atoms with Gasteiger partial charge in [0.1, 0.15) is 12.4 Å². The summed E-state index contributed by atoms with van der Waals surface area (Å²) in [5, 5.41) is -0.654. The van der Waals surface area contributed by atoms with Crippen LogP contribution in [0.5, 0.6) is 5.75 Å². The maximum Gasteiger partial charge on any atom is 0.417 e. The molecule has 172 valence electrons. The first kappa shape index (κ1) is 25.3. The van der Waals surface area contributed by atoms with E-state index in [1.165, 1.54) is 26.0 Å². The highest BCUT2D eigenvalue weighted by molar-refractivity contribution is 7.89. The highest BCUT2D eigenvalue weighted by Crippen LogP contribution is 2.37. The van der Waals surface area contributed by atoms with Crippen molar-refractivity contribution in [1.29, 1.82) is 0 Å². The Bertz CT molecular complexity index is 1040. The molecule has 1 N–H and O–H groups in total. The predicted molar refractivity (Wildman–Crippen MR) is 103 cm³/mol. The number of benzene rings is 2. The number of alkyl halides is 6. The Balaban J connectivity index is 2.31. The summed E-state index contributed by atoms with van der Waals surface area (Å²) in [6.07, 6.45) is -9.92. The lowest BCUT2D eigenvalue weighted by molar-refractivity contribution is -0.157. The van der Waals surface area contributed by atoms with Crippen LogP contribution in [0, 0.1) is 20.8 Å². The van der Waals surface area contributed by atoms with E-state index in [1.54, 1.807) is 11.6 Å². The van der Waals surface area contributed by atoms with Gasteiger partial charge in [-0.25, -0.2) is 8.42 Å². The Kier molecular flexibility index (Phi) is 7.24. The van der Waals surface area contributed by atoms with Gasteiger partial charge in [0.15, 0.2) is 6.04 Å². The average Bonchev–Trinajstić information content (AvgIpc) is 2.56. The second-order valence-corrected chi connectivity index (χ2v) is 8.95. The Morgan fingerprint density at radius 2 is 1.55 bits per heavy atom. The van der Waals surface area contributed by atoms with Crippen molar-refractivity contribution in [2.75, 3.05) is 6.61 Å². The van der Waals surface area contributed by atoms with Crippen LogP contribution in [0.3, 0.4) is 0 Å². The van der Waals surface area contributed by atoms with Crippen molar-refractivity contribution < 1.29 is 39.5 Å². The predicted octanol–water partition coefficient (Wildman–Crippen LogP) is 5.57. The van der Waals surface area contributed by atoms with Crippen molar-refractivity contribution in [3.63, 3.8) is 0 Å². The molecule has 2 rings (SSSR count). The van der Waals surface area contributed by atoms with Gasteiger partial charge in [0.2, 0.25) is 10.0 Å². The normalized spacial score (nSPS) is 13.9. The number of rotatable bonds is 6. The fourth-order valence-corrected chi connectivity index (χ4v) is 4.91. The third kappa shape index (κ3) is 6.27. The molecule has 0 saturated heterocycles. The third-order valence-electron chi connectivity index (χ3n) is 4.23. The highest BCUT2D eigenvalue weighted by Gasteiger charge is 2.43. The molecule has 0 saturated carbocycles. The van der Waals surface area contributed by atoms with Gasteiger partial charge in [-0.05, 0) is 50.1 Å². The van der Waals surface area contributed by atoms with E-state index in [-0.39, 0.29) is 16.0 Å². The van der Waals surface area contributed by atoms with Crippen LogP contribution in [0.2, 0.25) is 5.02 Å². The lowest BCUT2D eigenvalue weighted by Crippen LogP contribution is -2.49. The monoisotopic (exact) mass is 489 g/mol. The molecule has 0 aliphatic carbocycles. The Morgan fingerprint density at radius 3 is 2.03 bits per heavy atom. The molecule has 31 heavy (non-hydrogen) atoms. The molecule has 12 heteroatoms. The van der Waals surface area contributed by atoms with Crippen molar-refractivity contribution in [2.24, 2.45) is 0 Å². The zero-order chi connectivity index (χ0) is 23.8. The van der Waals surface area contributed by atoms with Crippen LogP contribution in [0.4, 0.5) is 26.3 Å². The number of aryl methyl sites for hydroxylation is 3. The molecule has 0 aliphatic rings. The fourth-order valence-electron chi connectivity index (χ4n) is 3.02. The molecule has 1 atom stereocenters. The van der Waals surface area contributed by atoms with E-state index in [4.69, 9.17) is 16.3 Å². The summed E-state index contributed by atoms with van der Waals surface area (Å²) in [4.78, 5) is -0.307.